The molecule has 1 amide bonds. The van der Waals surface area contributed by atoms with Crippen LogP contribution in [0.15, 0.2) is 65.5 Å². The van der Waals surface area contributed by atoms with Crippen LogP contribution in [0.25, 0.3) is 17.0 Å². The Morgan fingerprint density at radius 2 is 1.84 bits per heavy atom. The largest absolute Gasteiger partial charge is 0.351 e. The second-order valence-corrected chi connectivity index (χ2v) is 5.67. The van der Waals surface area contributed by atoms with Gasteiger partial charge < -0.3 is 5.32 Å². The van der Waals surface area contributed by atoms with Crippen LogP contribution in [0.1, 0.15) is 11.4 Å². The van der Waals surface area contributed by atoms with E-state index in [0.717, 1.165) is 5.56 Å². The van der Waals surface area contributed by atoms with Crippen molar-refractivity contribution in [2.24, 2.45) is 0 Å². The molecule has 0 atom stereocenters. The molecule has 0 fully saturated rings. The van der Waals surface area contributed by atoms with Crippen molar-refractivity contribution in [3.63, 3.8) is 0 Å². The fourth-order valence-corrected chi connectivity index (χ4v) is 2.63. The smallest absolute Gasteiger partial charge is 0.261 e. The summed E-state index contributed by atoms with van der Waals surface area (Å²) in [6, 6.07) is 16.9. The molecule has 0 unspecified atom stereocenters. The van der Waals surface area contributed by atoms with Crippen LogP contribution in [0.2, 0.25) is 0 Å². The summed E-state index contributed by atoms with van der Waals surface area (Å²) in [5.74, 6) is 0.445. The number of nitrogens with zero attached hydrogens (tertiary/aromatic N) is 2. The molecule has 0 bridgehead atoms. The third kappa shape index (κ3) is 4.01. The van der Waals surface area contributed by atoms with Crippen molar-refractivity contribution in [2.75, 3.05) is 6.54 Å². The Labute approximate surface area is 145 Å². The number of hydrogen-bond acceptors (Lipinski definition) is 3. The maximum atomic E-state index is 12.5. The van der Waals surface area contributed by atoms with Crippen molar-refractivity contribution in [1.82, 2.24) is 14.9 Å². The topological polar surface area (TPSA) is 64.0 Å². The molecule has 5 nitrogen and oxygen atoms in total. The molecular formula is C20H19N3O2. The summed E-state index contributed by atoms with van der Waals surface area (Å²) in [7, 11) is 0. The molecule has 0 aliphatic rings. The summed E-state index contributed by atoms with van der Waals surface area (Å²) in [4.78, 5) is 28.9. The Kier molecular flexibility index (Phi) is 5.04. The number of benzene rings is 2. The Bertz CT molecular complexity index is 975. The van der Waals surface area contributed by atoms with Crippen molar-refractivity contribution in [1.29, 1.82) is 0 Å². The zero-order valence-electron chi connectivity index (χ0n) is 14.0. The third-order valence-electron chi connectivity index (χ3n) is 3.91. The monoisotopic (exact) mass is 333 g/mol. The number of aromatic nitrogens is 2. The summed E-state index contributed by atoms with van der Waals surface area (Å²) < 4.78 is 1.59. The van der Waals surface area contributed by atoms with E-state index >= 15 is 0 Å². The fourth-order valence-electron chi connectivity index (χ4n) is 2.63. The zero-order chi connectivity index (χ0) is 17.6. The third-order valence-corrected chi connectivity index (χ3v) is 3.91. The normalized spacial score (nSPS) is 11.1. The van der Waals surface area contributed by atoms with Crippen LogP contribution in [-0.2, 0) is 11.3 Å². The highest BCUT2D eigenvalue weighted by molar-refractivity contribution is 5.91. The number of para-hydroxylation sites is 1. The van der Waals surface area contributed by atoms with E-state index in [4.69, 9.17) is 0 Å². The lowest BCUT2D eigenvalue weighted by Crippen LogP contribution is -2.31. The summed E-state index contributed by atoms with van der Waals surface area (Å²) in [5, 5.41) is 3.38. The predicted molar refractivity (Wildman–Crippen MR) is 99.2 cm³/mol. The predicted octanol–water partition coefficient (Wildman–Crippen LogP) is 2.53. The Hall–Kier alpha value is -3.21. The molecule has 0 saturated carbocycles. The number of carbonyl (C=O) groups excluding carboxylic acids is 1. The first-order valence-electron chi connectivity index (χ1n) is 8.12. The van der Waals surface area contributed by atoms with Crippen LogP contribution < -0.4 is 10.9 Å². The first-order chi connectivity index (χ1) is 12.1. The number of nitrogens with one attached hydrogen (secondary N) is 1. The number of aryl methyl sites for hydroxylation is 1. The van der Waals surface area contributed by atoms with Gasteiger partial charge in [-0.3, -0.25) is 14.2 Å². The van der Waals surface area contributed by atoms with Crippen molar-refractivity contribution in [3.8, 4) is 0 Å². The van der Waals surface area contributed by atoms with Crippen LogP contribution in [0.3, 0.4) is 0 Å². The van der Waals surface area contributed by atoms with Gasteiger partial charge in [-0.05, 0) is 30.7 Å². The van der Waals surface area contributed by atoms with Gasteiger partial charge in [0.15, 0.2) is 0 Å². The van der Waals surface area contributed by atoms with E-state index in [1.807, 2.05) is 48.5 Å². The van der Waals surface area contributed by atoms with E-state index in [9.17, 15) is 9.59 Å². The minimum absolute atomic E-state index is 0.0859. The van der Waals surface area contributed by atoms with Crippen molar-refractivity contribution < 1.29 is 4.79 Å². The number of fused-ring (bicyclic) bond motifs is 1. The maximum Gasteiger partial charge on any atom is 0.261 e. The Morgan fingerprint density at radius 1 is 1.12 bits per heavy atom. The SMILES string of the molecule is Cc1nc2ccccc2c(=O)n1CCNC(=O)/C=C/c1ccccc1. The lowest BCUT2D eigenvalue weighted by atomic mass is 10.2. The summed E-state index contributed by atoms with van der Waals surface area (Å²) >= 11 is 0. The van der Waals surface area contributed by atoms with E-state index in [2.05, 4.69) is 10.3 Å². The molecule has 0 aliphatic carbocycles. The van der Waals surface area contributed by atoms with Gasteiger partial charge in [0.1, 0.15) is 5.82 Å². The molecule has 1 heterocycles. The molecule has 3 rings (SSSR count). The number of rotatable bonds is 5. The maximum absolute atomic E-state index is 12.5. The molecule has 1 aromatic heterocycles. The number of carbonyl (C=O) groups is 1. The van der Waals surface area contributed by atoms with Crippen LogP contribution in [0.4, 0.5) is 0 Å². The second kappa shape index (κ2) is 7.57. The lowest BCUT2D eigenvalue weighted by molar-refractivity contribution is -0.116. The molecule has 126 valence electrons. The van der Waals surface area contributed by atoms with E-state index in [-0.39, 0.29) is 11.5 Å². The van der Waals surface area contributed by atoms with Gasteiger partial charge in [0, 0.05) is 19.2 Å². The minimum atomic E-state index is -0.191. The van der Waals surface area contributed by atoms with Gasteiger partial charge in [-0.2, -0.15) is 0 Å². The summed E-state index contributed by atoms with van der Waals surface area (Å²) in [5.41, 5.74) is 1.57. The highest BCUT2D eigenvalue weighted by Gasteiger charge is 2.07. The first kappa shape index (κ1) is 16.6. The Morgan fingerprint density at radius 3 is 2.64 bits per heavy atom. The van der Waals surface area contributed by atoms with Crippen molar-refractivity contribution >= 4 is 22.9 Å². The molecule has 0 saturated heterocycles. The van der Waals surface area contributed by atoms with Crippen LogP contribution in [0.5, 0.6) is 0 Å². The average molecular weight is 333 g/mol. The zero-order valence-corrected chi connectivity index (χ0v) is 14.0. The molecule has 0 radical (unpaired) electrons. The summed E-state index contributed by atoms with van der Waals surface area (Å²) in [6.45, 7) is 2.54. The van der Waals surface area contributed by atoms with E-state index in [1.54, 1.807) is 23.6 Å². The van der Waals surface area contributed by atoms with E-state index < -0.39 is 0 Å². The highest BCUT2D eigenvalue weighted by Crippen LogP contribution is 2.07. The molecule has 25 heavy (non-hydrogen) atoms. The number of hydrogen-bond donors (Lipinski definition) is 1. The van der Waals surface area contributed by atoms with Gasteiger partial charge in [-0.1, -0.05) is 42.5 Å². The molecule has 5 heteroatoms. The summed E-state index contributed by atoms with van der Waals surface area (Å²) in [6.07, 6.45) is 3.24. The standard InChI is InChI=1S/C20H19N3O2/c1-15-22-18-10-6-5-9-17(18)20(25)23(15)14-13-21-19(24)12-11-16-7-3-2-4-8-16/h2-12H,13-14H2,1H3,(H,21,24)/b12-11+. The molecule has 0 aliphatic heterocycles. The average Bonchev–Trinajstić information content (AvgIpc) is 2.63. The Balaban J connectivity index is 1.64. The number of amides is 1. The van der Waals surface area contributed by atoms with Crippen molar-refractivity contribution in [2.45, 2.75) is 13.5 Å². The highest BCUT2D eigenvalue weighted by atomic mass is 16.1. The van der Waals surface area contributed by atoms with Gasteiger partial charge >= 0.3 is 0 Å². The minimum Gasteiger partial charge on any atom is -0.351 e. The van der Waals surface area contributed by atoms with E-state index in [1.165, 1.54) is 6.08 Å². The van der Waals surface area contributed by atoms with Crippen LogP contribution in [0, 0.1) is 6.92 Å². The molecule has 1 N–H and O–H groups in total. The van der Waals surface area contributed by atoms with E-state index in [0.29, 0.717) is 29.8 Å². The van der Waals surface area contributed by atoms with Gasteiger partial charge in [0.05, 0.1) is 10.9 Å². The molecule has 2 aromatic carbocycles. The van der Waals surface area contributed by atoms with Gasteiger partial charge in [-0.25, -0.2) is 4.98 Å². The van der Waals surface area contributed by atoms with Crippen LogP contribution in [-0.4, -0.2) is 22.0 Å². The van der Waals surface area contributed by atoms with Gasteiger partial charge in [0.25, 0.3) is 5.56 Å². The van der Waals surface area contributed by atoms with Crippen molar-refractivity contribution in [3.05, 3.63) is 82.4 Å². The van der Waals surface area contributed by atoms with Gasteiger partial charge in [-0.15, -0.1) is 0 Å². The molecule has 3 aromatic rings. The van der Waals surface area contributed by atoms with Crippen LogP contribution >= 0.6 is 0 Å². The first-order valence-corrected chi connectivity index (χ1v) is 8.12. The fraction of sp³-hybridized carbons (Fsp3) is 0.150. The lowest BCUT2D eigenvalue weighted by Gasteiger charge is -2.10. The quantitative estimate of drug-likeness (QED) is 0.730. The molecular weight excluding hydrogens is 314 g/mol. The second-order valence-electron chi connectivity index (χ2n) is 5.67. The molecule has 0 spiro atoms. The van der Waals surface area contributed by atoms with Gasteiger partial charge in [0.2, 0.25) is 5.91 Å².